The van der Waals surface area contributed by atoms with Crippen molar-refractivity contribution in [2.24, 2.45) is 5.92 Å². The summed E-state index contributed by atoms with van der Waals surface area (Å²) < 4.78 is 28.4. The molecule has 2 N–H and O–H groups in total. The van der Waals surface area contributed by atoms with Crippen molar-refractivity contribution in [2.45, 2.75) is 39.2 Å². The number of aliphatic hydroxyl groups excluding tert-OH is 1. The molecule has 1 aliphatic heterocycles. The third kappa shape index (κ3) is 5.65. The number of nitrogens with zero attached hydrogens (tertiary/aromatic N) is 2. The van der Waals surface area contributed by atoms with Gasteiger partial charge in [-0.25, -0.2) is 4.72 Å². The normalized spacial score (nSPS) is 19.1. The van der Waals surface area contributed by atoms with Crippen LogP contribution in [0.5, 0.6) is 0 Å². The Morgan fingerprint density at radius 2 is 1.95 bits per heavy atom. The topological polar surface area (TPSA) is 72.9 Å². The Bertz CT molecular complexity index is 365. The van der Waals surface area contributed by atoms with E-state index in [1.807, 2.05) is 7.05 Å². The van der Waals surface area contributed by atoms with Gasteiger partial charge in [0.15, 0.2) is 0 Å². The van der Waals surface area contributed by atoms with Gasteiger partial charge in [-0.3, -0.25) is 0 Å². The van der Waals surface area contributed by atoms with Gasteiger partial charge < -0.3 is 10.0 Å². The van der Waals surface area contributed by atoms with E-state index >= 15 is 0 Å². The van der Waals surface area contributed by atoms with Crippen LogP contribution in [0.15, 0.2) is 0 Å². The maximum Gasteiger partial charge on any atom is 0.279 e. The molecule has 0 bridgehead atoms. The highest BCUT2D eigenvalue weighted by molar-refractivity contribution is 7.87. The average molecular weight is 307 g/mol. The van der Waals surface area contributed by atoms with E-state index in [-0.39, 0.29) is 12.5 Å². The lowest BCUT2D eigenvalue weighted by Crippen LogP contribution is -2.46. The number of rotatable bonds is 8. The van der Waals surface area contributed by atoms with Crippen LogP contribution in [-0.2, 0) is 10.2 Å². The van der Waals surface area contributed by atoms with Crippen molar-refractivity contribution in [3.63, 3.8) is 0 Å². The van der Waals surface area contributed by atoms with Crippen LogP contribution < -0.4 is 4.72 Å². The standard InChI is InChI=1S/C13H29N3O3S/c1-12(2)15(3)8-4-7-14-20(18,19)16-9-5-13(11-17)6-10-16/h12-14,17H,4-11H2,1-3H3. The molecule has 1 aliphatic rings. The largest absolute Gasteiger partial charge is 0.396 e. The summed E-state index contributed by atoms with van der Waals surface area (Å²) in [6.07, 6.45) is 2.29. The van der Waals surface area contributed by atoms with Gasteiger partial charge in [0.2, 0.25) is 0 Å². The first-order valence-corrected chi connectivity index (χ1v) is 8.86. The maximum absolute atomic E-state index is 12.1. The molecular formula is C13H29N3O3S. The van der Waals surface area contributed by atoms with Gasteiger partial charge in [0.1, 0.15) is 0 Å². The average Bonchev–Trinajstić information content (AvgIpc) is 2.43. The van der Waals surface area contributed by atoms with Crippen LogP contribution >= 0.6 is 0 Å². The summed E-state index contributed by atoms with van der Waals surface area (Å²) in [7, 11) is -1.31. The zero-order chi connectivity index (χ0) is 15.2. The molecule has 0 unspecified atom stereocenters. The summed E-state index contributed by atoms with van der Waals surface area (Å²) in [4.78, 5) is 2.20. The number of aliphatic hydroxyl groups is 1. The van der Waals surface area contributed by atoms with Crippen LogP contribution in [-0.4, -0.2) is 68.6 Å². The van der Waals surface area contributed by atoms with Crippen LogP contribution in [0.25, 0.3) is 0 Å². The second-order valence-corrected chi connectivity index (χ2v) is 7.61. The van der Waals surface area contributed by atoms with Crippen molar-refractivity contribution in [3.05, 3.63) is 0 Å². The Morgan fingerprint density at radius 1 is 1.35 bits per heavy atom. The molecule has 1 heterocycles. The molecule has 1 rings (SSSR count). The molecule has 0 aromatic rings. The fourth-order valence-electron chi connectivity index (χ4n) is 2.21. The van der Waals surface area contributed by atoms with Crippen LogP contribution in [0.2, 0.25) is 0 Å². The van der Waals surface area contributed by atoms with E-state index in [0.717, 1.165) is 25.8 Å². The van der Waals surface area contributed by atoms with Gasteiger partial charge in [0.05, 0.1) is 0 Å². The second kappa shape index (κ2) is 8.29. The van der Waals surface area contributed by atoms with Crippen molar-refractivity contribution < 1.29 is 13.5 Å². The highest BCUT2D eigenvalue weighted by atomic mass is 32.2. The van der Waals surface area contributed by atoms with Gasteiger partial charge in [0.25, 0.3) is 10.2 Å². The summed E-state index contributed by atoms with van der Waals surface area (Å²) in [6, 6.07) is 0.476. The van der Waals surface area contributed by atoms with E-state index in [1.165, 1.54) is 4.31 Å². The number of hydrogen-bond donors (Lipinski definition) is 2. The third-order valence-electron chi connectivity index (χ3n) is 4.03. The van der Waals surface area contributed by atoms with Crippen molar-refractivity contribution in [2.75, 3.05) is 39.8 Å². The minimum atomic E-state index is -3.35. The van der Waals surface area contributed by atoms with Gasteiger partial charge in [0, 0.05) is 32.3 Å². The van der Waals surface area contributed by atoms with Gasteiger partial charge >= 0.3 is 0 Å². The van der Waals surface area contributed by atoms with Crippen molar-refractivity contribution >= 4 is 10.2 Å². The molecule has 0 aromatic heterocycles. The second-order valence-electron chi connectivity index (χ2n) is 5.85. The van der Waals surface area contributed by atoms with Crippen LogP contribution in [0.1, 0.15) is 33.1 Å². The van der Waals surface area contributed by atoms with E-state index < -0.39 is 10.2 Å². The Morgan fingerprint density at radius 3 is 2.45 bits per heavy atom. The van der Waals surface area contributed by atoms with E-state index in [4.69, 9.17) is 5.11 Å². The monoisotopic (exact) mass is 307 g/mol. The van der Waals surface area contributed by atoms with E-state index in [9.17, 15) is 8.42 Å². The van der Waals surface area contributed by atoms with Crippen LogP contribution in [0, 0.1) is 5.92 Å². The fourth-order valence-corrected chi connectivity index (χ4v) is 3.49. The predicted octanol–water partition coefficient (Wildman–Crippen LogP) is 0.255. The quantitative estimate of drug-likeness (QED) is 0.631. The molecule has 0 radical (unpaired) electrons. The van der Waals surface area contributed by atoms with E-state index in [2.05, 4.69) is 23.5 Å². The molecule has 0 atom stereocenters. The third-order valence-corrected chi connectivity index (χ3v) is 5.64. The van der Waals surface area contributed by atoms with E-state index in [0.29, 0.717) is 25.7 Å². The lowest BCUT2D eigenvalue weighted by Gasteiger charge is -2.30. The summed E-state index contributed by atoms with van der Waals surface area (Å²) in [5.74, 6) is 0.251. The summed E-state index contributed by atoms with van der Waals surface area (Å²) >= 11 is 0. The Labute approximate surface area is 123 Å². The highest BCUT2D eigenvalue weighted by Crippen LogP contribution is 2.18. The van der Waals surface area contributed by atoms with Gasteiger partial charge in [-0.2, -0.15) is 12.7 Å². The SMILES string of the molecule is CC(C)N(C)CCCNS(=O)(=O)N1CCC(CO)CC1. The van der Waals surface area contributed by atoms with Crippen molar-refractivity contribution in [1.82, 2.24) is 13.9 Å². The summed E-state index contributed by atoms with van der Waals surface area (Å²) in [5, 5.41) is 9.06. The maximum atomic E-state index is 12.1. The number of nitrogens with one attached hydrogen (secondary N) is 1. The molecule has 6 nitrogen and oxygen atoms in total. The minimum Gasteiger partial charge on any atom is -0.396 e. The predicted molar refractivity (Wildman–Crippen MR) is 80.7 cm³/mol. The van der Waals surface area contributed by atoms with Crippen molar-refractivity contribution in [1.29, 1.82) is 0 Å². The van der Waals surface area contributed by atoms with Crippen LogP contribution in [0.4, 0.5) is 0 Å². The summed E-state index contributed by atoms with van der Waals surface area (Å²) in [5.41, 5.74) is 0. The highest BCUT2D eigenvalue weighted by Gasteiger charge is 2.27. The first kappa shape index (κ1) is 17.8. The number of hydrogen-bond acceptors (Lipinski definition) is 4. The zero-order valence-electron chi connectivity index (χ0n) is 12.9. The van der Waals surface area contributed by atoms with E-state index in [1.54, 1.807) is 0 Å². The van der Waals surface area contributed by atoms with Gasteiger partial charge in [-0.05, 0) is 52.6 Å². The molecule has 7 heteroatoms. The van der Waals surface area contributed by atoms with Gasteiger partial charge in [-0.15, -0.1) is 0 Å². The van der Waals surface area contributed by atoms with Crippen molar-refractivity contribution in [3.8, 4) is 0 Å². The molecular weight excluding hydrogens is 278 g/mol. The summed E-state index contributed by atoms with van der Waals surface area (Å²) in [6.45, 7) is 6.76. The molecule has 1 saturated heterocycles. The molecule has 0 amide bonds. The molecule has 0 spiro atoms. The first-order chi connectivity index (χ1) is 9.36. The smallest absolute Gasteiger partial charge is 0.279 e. The fraction of sp³-hybridized carbons (Fsp3) is 1.00. The lowest BCUT2D eigenvalue weighted by molar-refractivity contribution is 0.169. The lowest BCUT2D eigenvalue weighted by atomic mass is 10.00. The first-order valence-electron chi connectivity index (χ1n) is 7.42. The molecule has 1 fully saturated rings. The molecule has 120 valence electrons. The number of piperidine rings is 1. The van der Waals surface area contributed by atoms with Crippen LogP contribution in [0.3, 0.4) is 0 Å². The molecule has 20 heavy (non-hydrogen) atoms. The minimum absolute atomic E-state index is 0.156. The Balaban J connectivity index is 2.28. The molecule has 0 aliphatic carbocycles. The molecule has 0 aromatic carbocycles. The zero-order valence-corrected chi connectivity index (χ0v) is 13.7. The van der Waals surface area contributed by atoms with Gasteiger partial charge in [-0.1, -0.05) is 0 Å². The molecule has 0 saturated carbocycles. The Hall–Kier alpha value is -0.210. The Kier molecular flexibility index (Phi) is 7.39.